The van der Waals surface area contributed by atoms with Gasteiger partial charge < -0.3 is 10.0 Å². The zero-order valence-electron chi connectivity index (χ0n) is 10.9. The molecule has 0 bridgehead atoms. The first-order valence-electron chi connectivity index (χ1n) is 5.90. The molecule has 0 fully saturated rings. The lowest BCUT2D eigenvalue weighted by Crippen LogP contribution is -2.38. The summed E-state index contributed by atoms with van der Waals surface area (Å²) in [7, 11) is 0. The highest BCUT2D eigenvalue weighted by Crippen LogP contribution is 2.21. The molecule has 5 nitrogen and oxygen atoms in total. The normalized spacial score (nSPS) is 11.9. The van der Waals surface area contributed by atoms with Crippen molar-refractivity contribution in [3.8, 4) is 0 Å². The lowest BCUT2D eigenvalue weighted by molar-refractivity contribution is -0.149. The van der Waals surface area contributed by atoms with E-state index in [-0.39, 0.29) is 5.91 Å². The van der Waals surface area contributed by atoms with Crippen LogP contribution in [-0.2, 0) is 9.59 Å². The van der Waals surface area contributed by atoms with Gasteiger partial charge in [-0.1, -0.05) is 13.0 Å². The van der Waals surface area contributed by atoms with Crippen molar-refractivity contribution in [2.24, 2.45) is 0 Å². The zero-order valence-corrected chi connectivity index (χ0v) is 10.9. The fourth-order valence-electron chi connectivity index (χ4n) is 1.81. The van der Waals surface area contributed by atoms with Crippen LogP contribution in [0.4, 0.5) is 0 Å². The summed E-state index contributed by atoms with van der Waals surface area (Å²) in [5.41, 5.74) is 1.34. The standard InChI is InChI=1S/C13H18N2O3/c1-4-7-15(10(3)16)12(13(17)18)11-6-5-9(2)14-8-11/h5-6,8,12H,4,7H2,1-3H3,(H,17,18). The minimum atomic E-state index is -1.04. The maximum atomic E-state index is 11.6. The maximum Gasteiger partial charge on any atom is 0.331 e. The van der Waals surface area contributed by atoms with Crippen molar-refractivity contribution in [1.29, 1.82) is 0 Å². The quantitative estimate of drug-likeness (QED) is 0.864. The Kier molecular flexibility index (Phi) is 4.83. The molecule has 1 N–H and O–H groups in total. The minimum absolute atomic E-state index is 0.246. The number of rotatable bonds is 5. The lowest BCUT2D eigenvalue weighted by atomic mass is 10.1. The van der Waals surface area contributed by atoms with Gasteiger partial charge in [0, 0.05) is 30.9 Å². The van der Waals surface area contributed by atoms with E-state index in [9.17, 15) is 14.7 Å². The van der Waals surface area contributed by atoms with Gasteiger partial charge in [0.1, 0.15) is 0 Å². The van der Waals surface area contributed by atoms with E-state index in [1.165, 1.54) is 18.0 Å². The third kappa shape index (κ3) is 3.29. The van der Waals surface area contributed by atoms with Gasteiger partial charge >= 0.3 is 5.97 Å². The highest BCUT2D eigenvalue weighted by molar-refractivity contribution is 5.83. The molecule has 0 aliphatic heterocycles. The van der Waals surface area contributed by atoms with Gasteiger partial charge in [0.25, 0.3) is 0 Å². The van der Waals surface area contributed by atoms with Gasteiger partial charge in [0.05, 0.1) is 0 Å². The molecule has 1 heterocycles. The van der Waals surface area contributed by atoms with Crippen molar-refractivity contribution in [2.75, 3.05) is 6.54 Å². The molecular weight excluding hydrogens is 232 g/mol. The third-order valence-electron chi connectivity index (χ3n) is 2.66. The zero-order chi connectivity index (χ0) is 13.7. The molecule has 0 aromatic carbocycles. The summed E-state index contributed by atoms with van der Waals surface area (Å²) in [6, 6.07) is 2.48. The number of aromatic nitrogens is 1. The Hall–Kier alpha value is -1.91. The van der Waals surface area contributed by atoms with E-state index in [2.05, 4.69) is 4.98 Å². The number of carbonyl (C=O) groups is 2. The molecule has 5 heteroatoms. The van der Waals surface area contributed by atoms with Crippen LogP contribution in [0.5, 0.6) is 0 Å². The fourth-order valence-corrected chi connectivity index (χ4v) is 1.81. The molecule has 0 saturated carbocycles. The van der Waals surface area contributed by atoms with Crippen LogP contribution in [0.2, 0.25) is 0 Å². The van der Waals surface area contributed by atoms with Crippen LogP contribution < -0.4 is 0 Å². The average molecular weight is 250 g/mol. The molecule has 1 aromatic rings. The number of nitrogens with zero attached hydrogens (tertiary/aromatic N) is 2. The molecule has 1 rings (SSSR count). The summed E-state index contributed by atoms with van der Waals surface area (Å²) in [5.74, 6) is -1.28. The predicted octanol–water partition coefficient (Wildman–Crippen LogP) is 1.77. The monoisotopic (exact) mass is 250 g/mol. The van der Waals surface area contributed by atoms with Crippen molar-refractivity contribution >= 4 is 11.9 Å². The average Bonchev–Trinajstić information content (AvgIpc) is 2.30. The Bertz CT molecular complexity index is 428. The molecule has 0 aliphatic carbocycles. The number of aryl methyl sites for hydroxylation is 1. The molecule has 0 saturated heterocycles. The lowest BCUT2D eigenvalue weighted by Gasteiger charge is -2.27. The Morgan fingerprint density at radius 1 is 1.44 bits per heavy atom. The molecule has 98 valence electrons. The van der Waals surface area contributed by atoms with Crippen LogP contribution in [-0.4, -0.2) is 33.4 Å². The van der Waals surface area contributed by atoms with E-state index in [0.29, 0.717) is 18.5 Å². The SMILES string of the molecule is CCCN(C(C)=O)C(C(=O)O)c1ccc(C)nc1. The first-order chi connectivity index (χ1) is 8.47. The van der Waals surface area contributed by atoms with Gasteiger partial charge in [-0.05, 0) is 19.4 Å². The summed E-state index contributed by atoms with van der Waals surface area (Å²) < 4.78 is 0. The summed E-state index contributed by atoms with van der Waals surface area (Å²) in [6.07, 6.45) is 2.22. The van der Waals surface area contributed by atoms with Crippen LogP contribution in [0, 0.1) is 6.92 Å². The number of amides is 1. The second-order valence-corrected chi connectivity index (χ2v) is 4.19. The number of aliphatic carboxylic acids is 1. The molecule has 1 aromatic heterocycles. The van der Waals surface area contributed by atoms with Crippen LogP contribution in [0.3, 0.4) is 0 Å². The van der Waals surface area contributed by atoms with E-state index < -0.39 is 12.0 Å². The van der Waals surface area contributed by atoms with Crippen molar-refractivity contribution in [2.45, 2.75) is 33.2 Å². The second kappa shape index (κ2) is 6.14. The van der Waals surface area contributed by atoms with E-state index in [1.54, 1.807) is 12.1 Å². The highest BCUT2D eigenvalue weighted by Gasteiger charge is 2.28. The summed E-state index contributed by atoms with van der Waals surface area (Å²) in [4.78, 5) is 28.4. The van der Waals surface area contributed by atoms with Gasteiger partial charge in [-0.25, -0.2) is 4.79 Å². The summed E-state index contributed by atoms with van der Waals surface area (Å²) in [6.45, 7) is 5.53. The molecule has 1 amide bonds. The van der Waals surface area contributed by atoms with Crippen LogP contribution in [0.25, 0.3) is 0 Å². The highest BCUT2D eigenvalue weighted by atomic mass is 16.4. The van der Waals surface area contributed by atoms with Gasteiger partial charge in [-0.15, -0.1) is 0 Å². The molecule has 0 aliphatic rings. The van der Waals surface area contributed by atoms with Crippen LogP contribution in [0.15, 0.2) is 18.3 Å². The van der Waals surface area contributed by atoms with E-state index >= 15 is 0 Å². The second-order valence-electron chi connectivity index (χ2n) is 4.19. The van der Waals surface area contributed by atoms with Gasteiger partial charge in [-0.3, -0.25) is 9.78 Å². The van der Waals surface area contributed by atoms with Gasteiger partial charge in [0.15, 0.2) is 6.04 Å². The van der Waals surface area contributed by atoms with Crippen molar-refractivity contribution in [3.05, 3.63) is 29.6 Å². The number of pyridine rings is 1. The number of carboxylic acid groups (broad SMARTS) is 1. The molecule has 1 atom stereocenters. The van der Waals surface area contributed by atoms with Crippen molar-refractivity contribution in [3.63, 3.8) is 0 Å². The van der Waals surface area contributed by atoms with Crippen molar-refractivity contribution < 1.29 is 14.7 Å². The number of hydrogen-bond acceptors (Lipinski definition) is 3. The smallest absolute Gasteiger partial charge is 0.331 e. The van der Waals surface area contributed by atoms with E-state index in [0.717, 1.165) is 5.69 Å². The number of hydrogen-bond donors (Lipinski definition) is 1. The summed E-state index contributed by atoms with van der Waals surface area (Å²) >= 11 is 0. The first kappa shape index (κ1) is 14.2. The molecule has 0 spiro atoms. The maximum absolute atomic E-state index is 11.6. The van der Waals surface area contributed by atoms with Crippen LogP contribution >= 0.6 is 0 Å². The first-order valence-corrected chi connectivity index (χ1v) is 5.90. The Morgan fingerprint density at radius 2 is 2.11 bits per heavy atom. The van der Waals surface area contributed by atoms with E-state index in [4.69, 9.17) is 0 Å². The largest absolute Gasteiger partial charge is 0.479 e. The Labute approximate surface area is 106 Å². The summed E-state index contributed by atoms with van der Waals surface area (Å²) in [5, 5.41) is 9.32. The molecule has 18 heavy (non-hydrogen) atoms. The topological polar surface area (TPSA) is 70.5 Å². The van der Waals surface area contributed by atoms with Gasteiger partial charge in [-0.2, -0.15) is 0 Å². The molecule has 0 radical (unpaired) electrons. The number of carboxylic acids is 1. The fraction of sp³-hybridized carbons (Fsp3) is 0.462. The van der Waals surface area contributed by atoms with E-state index in [1.807, 2.05) is 13.8 Å². The molecule has 1 unspecified atom stereocenters. The Morgan fingerprint density at radius 3 is 2.50 bits per heavy atom. The van der Waals surface area contributed by atoms with Gasteiger partial charge in [0.2, 0.25) is 5.91 Å². The Balaban J connectivity index is 3.11. The minimum Gasteiger partial charge on any atom is -0.479 e. The molecular formula is C13H18N2O3. The van der Waals surface area contributed by atoms with Crippen LogP contribution in [0.1, 0.15) is 37.6 Å². The van der Waals surface area contributed by atoms with Crippen molar-refractivity contribution in [1.82, 2.24) is 9.88 Å². The third-order valence-corrected chi connectivity index (χ3v) is 2.66. The predicted molar refractivity (Wildman–Crippen MR) is 67.0 cm³/mol. The number of carbonyl (C=O) groups excluding carboxylic acids is 1.